The van der Waals surface area contributed by atoms with Gasteiger partial charge in [-0.25, -0.2) is 4.98 Å². The Balaban J connectivity index is 1.95. The van der Waals surface area contributed by atoms with Crippen LogP contribution in [0.5, 0.6) is 0 Å². The third-order valence-corrected chi connectivity index (χ3v) is 2.56. The molecule has 0 bridgehead atoms. The lowest BCUT2D eigenvalue weighted by Crippen LogP contribution is -2.42. The van der Waals surface area contributed by atoms with Gasteiger partial charge >= 0.3 is 0 Å². The Morgan fingerprint density at radius 2 is 2.20 bits per heavy atom. The zero-order valence-corrected chi connectivity index (χ0v) is 8.61. The minimum Gasteiger partial charge on any atom is -0.314 e. The maximum Gasteiger partial charge on any atom is 0.140 e. The molecule has 2 heterocycles. The second-order valence-electron chi connectivity index (χ2n) is 3.69. The molecule has 0 atom stereocenters. The molecule has 4 heteroatoms. The summed E-state index contributed by atoms with van der Waals surface area (Å²) in [7, 11) is 0. The fourth-order valence-electron chi connectivity index (χ4n) is 1.71. The van der Waals surface area contributed by atoms with E-state index in [0.29, 0.717) is 5.69 Å². The second-order valence-corrected chi connectivity index (χ2v) is 3.69. The van der Waals surface area contributed by atoms with Gasteiger partial charge < -0.3 is 5.32 Å². The van der Waals surface area contributed by atoms with Crippen molar-refractivity contribution in [3.8, 4) is 6.07 Å². The molecule has 0 saturated carbocycles. The molecule has 1 aliphatic rings. The van der Waals surface area contributed by atoms with E-state index in [1.54, 1.807) is 12.3 Å². The predicted octanol–water partition coefficient (Wildman–Crippen LogP) is 0.358. The number of pyridine rings is 1. The Labute approximate surface area is 89.5 Å². The topological polar surface area (TPSA) is 52.0 Å². The molecule has 2 rings (SSSR count). The molecule has 0 spiro atoms. The Bertz CT molecular complexity index is 346. The van der Waals surface area contributed by atoms with Crippen molar-refractivity contribution < 1.29 is 0 Å². The fraction of sp³-hybridized carbons (Fsp3) is 0.455. The van der Waals surface area contributed by atoms with Crippen molar-refractivity contribution in [3.05, 3.63) is 29.6 Å². The van der Waals surface area contributed by atoms with E-state index in [1.165, 1.54) is 5.56 Å². The van der Waals surface area contributed by atoms with Gasteiger partial charge in [-0.2, -0.15) is 5.26 Å². The van der Waals surface area contributed by atoms with E-state index in [-0.39, 0.29) is 0 Å². The van der Waals surface area contributed by atoms with Crippen LogP contribution in [0.3, 0.4) is 0 Å². The van der Waals surface area contributed by atoms with Crippen molar-refractivity contribution in [2.24, 2.45) is 0 Å². The van der Waals surface area contributed by atoms with Gasteiger partial charge in [0, 0.05) is 38.9 Å². The molecule has 0 unspecified atom stereocenters. The number of aromatic nitrogens is 1. The molecule has 1 aromatic rings. The average Bonchev–Trinajstić information content (AvgIpc) is 2.31. The van der Waals surface area contributed by atoms with E-state index in [2.05, 4.69) is 15.2 Å². The molecule has 1 aromatic heterocycles. The highest BCUT2D eigenvalue weighted by atomic mass is 15.2. The zero-order chi connectivity index (χ0) is 10.5. The zero-order valence-electron chi connectivity index (χ0n) is 8.61. The summed E-state index contributed by atoms with van der Waals surface area (Å²) in [5.41, 5.74) is 1.66. The monoisotopic (exact) mass is 202 g/mol. The molecule has 0 amide bonds. The smallest absolute Gasteiger partial charge is 0.140 e. The van der Waals surface area contributed by atoms with Crippen LogP contribution in [0.2, 0.25) is 0 Å². The van der Waals surface area contributed by atoms with Crippen molar-refractivity contribution in [1.29, 1.82) is 5.26 Å². The van der Waals surface area contributed by atoms with Crippen LogP contribution in [0.15, 0.2) is 18.3 Å². The van der Waals surface area contributed by atoms with Crippen LogP contribution in [0.1, 0.15) is 11.3 Å². The maximum absolute atomic E-state index is 8.62. The standard InChI is InChI=1S/C11H14N4/c12-7-11-2-1-10(8-14-11)9-15-5-3-13-4-6-15/h1-2,8,13H,3-6,9H2. The Morgan fingerprint density at radius 3 is 2.80 bits per heavy atom. The Morgan fingerprint density at radius 1 is 1.40 bits per heavy atom. The first kappa shape index (κ1) is 10.1. The van der Waals surface area contributed by atoms with Crippen LogP contribution < -0.4 is 5.32 Å². The van der Waals surface area contributed by atoms with E-state index in [4.69, 9.17) is 5.26 Å². The van der Waals surface area contributed by atoms with Gasteiger partial charge in [-0.1, -0.05) is 6.07 Å². The van der Waals surface area contributed by atoms with Gasteiger partial charge in [0.2, 0.25) is 0 Å². The fourth-order valence-corrected chi connectivity index (χ4v) is 1.71. The normalized spacial score (nSPS) is 17.3. The van der Waals surface area contributed by atoms with E-state index in [0.717, 1.165) is 32.7 Å². The molecule has 1 aliphatic heterocycles. The minimum atomic E-state index is 0.485. The number of rotatable bonds is 2. The van der Waals surface area contributed by atoms with Gasteiger partial charge in [0.05, 0.1) is 0 Å². The SMILES string of the molecule is N#Cc1ccc(CN2CCNCC2)cn1. The third-order valence-electron chi connectivity index (χ3n) is 2.56. The summed E-state index contributed by atoms with van der Waals surface area (Å²) in [6.07, 6.45) is 1.79. The lowest BCUT2D eigenvalue weighted by molar-refractivity contribution is 0.233. The quantitative estimate of drug-likeness (QED) is 0.752. The van der Waals surface area contributed by atoms with Gasteiger partial charge in [-0.3, -0.25) is 4.90 Å². The van der Waals surface area contributed by atoms with E-state index in [9.17, 15) is 0 Å². The summed E-state index contributed by atoms with van der Waals surface area (Å²) >= 11 is 0. The Hall–Kier alpha value is -1.44. The number of nitrogens with one attached hydrogen (secondary N) is 1. The summed E-state index contributed by atoms with van der Waals surface area (Å²) in [4.78, 5) is 6.45. The molecule has 1 N–H and O–H groups in total. The summed E-state index contributed by atoms with van der Waals surface area (Å²) in [5, 5.41) is 11.9. The van der Waals surface area contributed by atoms with Gasteiger partial charge in [-0.05, 0) is 11.6 Å². The van der Waals surface area contributed by atoms with Gasteiger partial charge in [0.25, 0.3) is 0 Å². The molecule has 15 heavy (non-hydrogen) atoms. The van der Waals surface area contributed by atoms with Crippen molar-refractivity contribution in [2.45, 2.75) is 6.54 Å². The number of hydrogen-bond donors (Lipinski definition) is 1. The average molecular weight is 202 g/mol. The third kappa shape index (κ3) is 2.75. The van der Waals surface area contributed by atoms with Crippen molar-refractivity contribution in [3.63, 3.8) is 0 Å². The first-order chi connectivity index (χ1) is 7.38. The van der Waals surface area contributed by atoms with Crippen LogP contribution in [-0.4, -0.2) is 36.1 Å². The van der Waals surface area contributed by atoms with Crippen LogP contribution in [0.25, 0.3) is 0 Å². The molecule has 1 saturated heterocycles. The maximum atomic E-state index is 8.62. The van der Waals surface area contributed by atoms with Crippen molar-refractivity contribution in [1.82, 2.24) is 15.2 Å². The summed E-state index contributed by atoms with van der Waals surface area (Å²) in [6, 6.07) is 5.78. The molecule has 0 aromatic carbocycles. The lowest BCUT2D eigenvalue weighted by atomic mass is 10.2. The van der Waals surface area contributed by atoms with Gasteiger partial charge in [-0.15, -0.1) is 0 Å². The first-order valence-corrected chi connectivity index (χ1v) is 5.16. The van der Waals surface area contributed by atoms with Crippen LogP contribution in [-0.2, 0) is 6.54 Å². The minimum absolute atomic E-state index is 0.485. The molecule has 0 aliphatic carbocycles. The first-order valence-electron chi connectivity index (χ1n) is 5.16. The molecule has 1 fully saturated rings. The van der Waals surface area contributed by atoms with E-state index < -0.39 is 0 Å². The van der Waals surface area contributed by atoms with E-state index in [1.807, 2.05) is 12.1 Å². The second kappa shape index (κ2) is 4.87. The summed E-state index contributed by atoms with van der Waals surface area (Å²) in [6.45, 7) is 5.22. The van der Waals surface area contributed by atoms with Crippen molar-refractivity contribution in [2.75, 3.05) is 26.2 Å². The molecule has 78 valence electrons. The molecule has 4 nitrogen and oxygen atoms in total. The Kier molecular flexibility index (Phi) is 3.28. The highest BCUT2D eigenvalue weighted by molar-refractivity contribution is 5.23. The van der Waals surface area contributed by atoms with Crippen LogP contribution in [0, 0.1) is 11.3 Å². The van der Waals surface area contributed by atoms with Gasteiger partial charge in [0.15, 0.2) is 0 Å². The highest BCUT2D eigenvalue weighted by Crippen LogP contribution is 2.05. The van der Waals surface area contributed by atoms with Crippen molar-refractivity contribution >= 4 is 0 Å². The summed E-state index contributed by atoms with van der Waals surface area (Å²) < 4.78 is 0. The predicted molar refractivity (Wildman–Crippen MR) is 57.1 cm³/mol. The molecule has 0 radical (unpaired) electrons. The van der Waals surface area contributed by atoms with Gasteiger partial charge in [0.1, 0.15) is 11.8 Å². The molecular formula is C11H14N4. The summed E-state index contributed by atoms with van der Waals surface area (Å²) in [5.74, 6) is 0. The number of piperazine rings is 1. The number of nitrogens with zero attached hydrogens (tertiary/aromatic N) is 3. The van der Waals surface area contributed by atoms with Crippen LogP contribution >= 0.6 is 0 Å². The van der Waals surface area contributed by atoms with Crippen LogP contribution in [0.4, 0.5) is 0 Å². The lowest BCUT2D eigenvalue weighted by Gasteiger charge is -2.26. The largest absolute Gasteiger partial charge is 0.314 e. The van der Waals surface area contributed by atoms with E-state index >= 15 is 0 Å². The molecular weight excluding hydrogens is 188 g/mol. The number of hydrogen-bond acceptors (Lipinski definition) is 4. The number of nitriles is 1. The highest BCUT2D eigenvalue weighted by Gasteiger charge is 2.09.